The first kappa shape index (κ1) is 23.1. The van der Waals surface area contributed by atoms with Crippen LogP contribution in [0.25, 0.3) is 0 Å². The summed E-state index contributed by atoms with van der Waals surface area (Å²) in [6, 6.07) is 4.54. The van der Waals surface area contributed by atoms with Crippen molar-refractivity contribution < 1.29 is 17.6 Å². The van der Waals surface area contributed by atoms with E-state index in [4.69, 9.17) is 5.73 Å². The Balaban J connectivity index is 0.00000280. The molecule has 28 heavy (non-hydrogen) atoms. The topological polar surface area (TPSA) is 92.5 Å². The van der Waals surface area contributed by atoms with E-state index in [1.54, 1.807) is 4.90 Å². The number of rotatable bonds is 4. The van der Waals surface area contributed by atoms with Gasteiger partial charge in [0.15, 0.2) is 0 Å². The van der Waals surface area contributed by atoms with E-state index in [1.807, 2.05) is 6.92 Å². The van der Waals surface area contributed by atoms with Gasteiger partial charge in [0.25, 0.3) is 0 Å². The quantitative estimate of drug-likeness (QED) is 0.762. The SMILES string of the molecule is CC1(N)CCCCC1C(=O)N1CCCC(NS(=O)(=O)c2cccc(F)c2)C1.Cl. The fourth-order valence-electron chi connectivity index (χ4n) is 4.18. The number of nitrogens with one attached hydrogen (secondary N) is 1. The number of carbonyl (C=O) groups excluding carboxylic acids is 1. The Bertz CT molecular complexity index is 803. The minimum absolute atomic E-state index is 0. The van der Waals surface area contributed by atoms with Gasteiger partial charge in [-0.1, -0.05) is 18.9 Å². The summed E-state index contributed by atoms with van der Waals surface area (Å²) < 4.78 is 41.1. The Morgan fingerprint density at radius 3 is 2.71 bits per heavy atom. The number of hydrogen-bond acceptors (Lipinski definition) is 4. The van der Waals surface area contributed by atoms with Gasteiger partial charge in [-0.3, -0.25) is 4.79 Å². The maximum absolute atomic E-state index is 13.4. The lowest BCUT2D eigenvalue weighted by Crippen LogP contribution is -2.57. The molecule has 1 heterocycles. The largest absolute Gasteiger partial charge is 0.341 e. The first-order valence-electron chi connectivity index (χ1n) is 9.55. The van der Waals surface area contributed by atoms with Crippen LogP contribution in [0, 0.1) is 11.7 Å². The number of benzene rings is 1. The monoisotopic (exact) mass is 433 g/mol. The van der Waals surface area contributed by atoms with Gasteiger partial charge in [0.05, 0.1) is 10.8 Å². The molecule has 3 unspecified atom stereocenters. The number of nitrogens with two attached hydrogens (primary N) is 1. The molecule has 9 heteroatoms. The van der Waals surface area contributed by atoms with Crippen molar-refractivity contribution >= 4 is 28.3 Å². The van der Waals surface area contributed by atoms with E-state index < -0.39 is 21.4 Å². The summed E-state index contributed by atoms with van der Waals surface area (Å²) in [5, 5.41) is 0. The molecule has 1 aliphatic carbocycles. The van der Waals surface area contributed by atoms with Crippen LogP contribution in [0.4, 0.5) is 4.39 Å². The average molecular weight is 434 g/mol. The molecule has 0 spiro atoms. The predicted molar refractivity (Wildman–Crippen MR) is 108 cm³/mol. The molecule has 3 rings (SSSR count). The maximum Gasteiger partial charge on any atom is 0.240 e. The lowest BCUT2D eigenvalue weighted by molar-refractivity contribution is -0.140. The number of halogens is 2. The van der Waals surface area contributed by atoms with E-state index in [0.29, 0.717) is 19.5 Å². The summed E-state index contributed by atoms with van der Waals surface area (Å²) in [5.74, 6) is -0.794. The standard InChI is InChI=1S/C19H28FN3O3S.ClH/c1-19(21)10-3-2-9-17(19)18(24)23-11-5-7-15(13-23)22-27(25,26)16-8-4-6-14(20)12-16;/h4,6,8,12,15,17,22H,2-3,5,7,9-11,13,21H2,1H3;1H. The zero-order chi connectivity index (χ0) is 19.7. The molecule has 2 fully saturated rings. The van der Waals surface area contributed by atoms with E-state index in [0.717, 1.165) is 38.2 Å². The van der Waals surface area contributed by atoms with Crippen LogP contribution in [0.2, 0.25) is 0 Å². The molecule has 3 atom stereocenters. The van der Waals surface area contributed by atoms with Gasteiger partial charge in [-0.25, -0.2) is 17.5 Å². The molecule has 1 amide bonds. The minimum atomic E-state index is -3.83. The highest BCUT2D eigenvalue weighted by molar-refractivity contribution is 7.89. The van der Waals surface area contributed by atoms with Gasteiger partial charge in [0.1, 0.15) is 5.82 Å². The fourth-order valence-corrected chi connectivity index (χ4v) is 5.47. The predicted octanol–water partition coefficient (Wildman–Crippen LogP) is 2.42. The Morgan fingerprint density at radius 2 is 2.04 bits per heavy atom. The van der Waals surface area contributed by atoms with Crippen LogP contribution in [0.1, 0.15) is 45.4 Å². The van der Waals surface area contributed by atoms with E-state index in [1.165, 1.54) is 18.2 Å². The molecule has 6 nitrogen and oxygen atoms in total. The Morgan fingerprint density at radius 1 is 1.29 bits per heavy atom. The van der Waals surface area contributed by atoms with Crippen LogP contribution < -0.4 is 10.5 Å². The molecule has 1 saturated carbocycles. The molecular weight excluding hydrogens is 405 g/mol. The summed E-state index contributed by atoms with van der Waals surface area (Å²) in [5.41, 5.74) is 5.85. The third-order valence-electron chi connectivity index (χ3n) is 5.71. The van der Waals surface area contributed by atoms with Gasteiger partial charge in [-0.15, -0.1) is 12.4 Å². The Kier molecular flexibility index (Phi) is 7.47. The first-order valence-corrected chi connectivity index (χ1v) is 11.0. The second-order valence-corrected chi connectivity index (χ2v) is 9.72. The van der Waals surface area contributed by atoms with Gasteiger partial charge < -0.3 is 10.6 Å². The molecule has 0 aromatic heterocycles. The van der Waals surface area contributed by atoms with Crippen molar-refractivity contribution in [2.45, 2.75) is 61.9 Å². The van der Waals surface area contributed by atoms with Crippen molar-refractivity contribution in [3.8, 4) is 0 Å². The third kappa shape index (κ3) is 5.23. The van der Waals surface area contributed by atoms with E-state index >= 15 is 0 Å². The van der Waals surface area contributed by atoms with Crippen molar-refractivity contribution in [2.75, 3.05) is 13.1 Å². The highest BCUT2D eigenvalue weighted by Gasteiger charge is 2.41. The van der Waals surface area contributed by atoms with E-state index in [9.17, 15) is 17.6 Å². The zero-order valence-electron chi connectivity index (χ0n) is 16.1. The molecule has 1 aromatic rings. The summed E-state index contributed by atoms with van der Waals surface area (Å²) in [4.78, 5) is 14.6. The molecular formula is C19H29ClFN3O3S. The van der Waals surface area contributed by atoms with Crippen LogP contribution in [0.15, 0.2) is 29.2 Å². The van der Waals surface area contributed by atoms with Crippen molar-refractivity contribution in [2.24, 2.45) is 11.7 Å². The average Bonchev–Trinajstić information content (AvgIpc) is 2.61. The Labute approximate surface area is 172 Å². The Hall–Kier alpha value is -1.22. The molecule has 2 aliphatic rings. The van der Waals surface area contributed by atoms with Gasteiger partial charge in [-0.2, -0.15) is 0 Å². The van der Waals surface area contributed by atoms with Crippen LogP contribution in [0.3, 0.4) is 0 Å². The highest BCUT2D eigenvalue weighted by atomic mass is 35.5. The van der Waals surface area contributed by atoms with Crippen LogP contribution in [0.5, 0.6) is 0 Å². The number of sulfonamides is 1. The smallest absolute Gasteiger partial charge is 0.240 e. The van der Waals surface area contributed by atoms with Gasteiger partial charge in [0.2, 0.25) is 15.9 Å². The summed E-state index contributed by atoms with van der Waals surface area (Å²) in [7, 11) is -3.83. The van der Waals surface area contributed by atoms with Gasteiger partial charge >= 0.3 is 0 Å². The van der Waals surface area contributed by atoms with E-state index in [-0.39, 0.29) is 35.2 Å². The molecule has 158 valence electrons. The van der Waals surface area contributed by atoms with Gasteiger partial charge in [0, 0.05) is 24.7 Å². The normalized spacial score (nSPS) is 28.5. The summed E-state index contributed by atoms with van der Waals surface area (Å²) in [6.07, 6.45) is 4.99. The summed E-state index contributed by atoms with van der Waals surface area (Å²) >= 11 is 0. The van der Waals surface area contributed by atoms with Crippen molar-refractivity contribution in [1.82, 2.24) is 9.62 Å². The van der Waals surface area contributed by atoms with E-state index in [2.05, 4.69) is 4.72 Å². The fraction of sp³-hybridized carbons (Fsp3) is 0.632. The zero-order valence-corrected chi connectivity index (χ0v) is 17.7. The van der Waals surface area contributed by atoms with Crippen LogP contribution in [-0.4, -0.2) is 43.9 Å². The van der Waals surface area contributed by atoms with Gasteiger partial charge in [-0.05, 0) is 50.8 Å². The highest BCUT2D eigenvalue weighted by Crippen LogP contribution is 2.33. The molecule has 1 aliphatic heterocycles. The number of nitrogens with zero attached hydrogens (tertiary/aromatic N) is 1. The first-order chi connectivity index (χ1) is 12.7. The minimum Gasteiger partial charge on any atom is -0.341 e. The third-order valence-corrected chi connectivity index (χ3v) is 7.23. The second-order valence-electron chi connectivity index (χ2n) is 8.01. The number of hydrogen-bond donors (Lipinski definition) is 2. The maximum atomic E-state index is 13.4. The number of piperidine rings is 1. The number of likely N-dealkylation sites (tertiary alicyclic amines) is 1. The lowest BCUT2D eigenvalue weighted by Gasteiger charge is -2.42. The van der Waals surface area contributed by atoms with Crippen molar-refractivity contribution in [3.05, 3.63) is 30.1 Å². The second kappa shape index (κ2) is 9.07. The number of carbonyl (C=O) groups is 1. The lowest BCUT2D eigenvalue weighted by atomic mass is 9.74. The van der Waals surface area contributed by atoms with Crippen LogP contribution in [-0.2, 0) is 14.8 Å². The number of amides is 1. The molecule has 1 saturated heterocycles. The molecule has 1 aromatic carbocycles. The van der Waals surface area contributed by atoms with Crippen LogP contribution >= 0.6 is 12.4 Å². The summed E-state index contributed by atoms with van der Waals surface area (Å²) in [6.45, 7) is 2.87. The molecule has 0 radical (unpaired) electrons. The van der Waals surface area contributed by atoms with Crippen molar-refractivity contribution in [1.29, 1.82) is 0 Å². The van der Waals surface area contributed by atoms with Crippen molar-refractivity contribution in [3.63, 3.8) is 0 Å². The molecule has 3 N–H and O–H groups in total. The molecule has 0 bridgehead atoms.